The van der Waals surface area contributed by atoms with Crippen molar-refractivity contribution in [2.45, 2.75) is 70.8 Å². The number of fused-ring (bicyclic) bond motifs is 1. The van der Waals surface area contributed by atoms with Crippen molar-refractivity contribution in [3.63, 3.8) is 0 Å². The number of aromatic nitrogens is 3. The number of hydrogen-bond donors (Lipinski definition) is 2. The first kappa shape index (κ1) is 23.5. The number of aliphatic hydroxyl groups is 1. The fourth-order valence-corrected chi connectivity index (χ4v) is 4.90. The quantitative estimate of drug-likeness (QED) is 0.644. The summed E-state index contributed by atoms with van der Waals surface area (Å²) in [6, 6.07) is 2.02. The second-order valence-corrected chi connectivity index (χ2v) is 9.89. The van der Waals surface area contributed by atoms with Crippen molar-refractivity contribution in [1.82, 2.24) is 19.5 Å². The number of rotatable bonds is 8. The van der Waals surface area contributed by atoms with Gasteiger partial charge in [-0.25, -0.2) is 9.50 Å². The van der Waals surface area contributed by atoms with E-state index in [1.165, 1.54) is 31.2 Å². The lowest BCUT2D eigenvalue weighted by molar-refractivity contribution is 0.0102. The van der Waals surface area contributed by atoms with Crippen LogP contribution in [0.25, 0.3) is 5.65 Å². The molecule has 4 rings (SSSR count). The molecule has 2 aliphatic rings. The molecule has 2 N–H and O–H groups in total. The second-order valence-electron chi connectivity index (χ2n) is 9.89. The van der Waals surface area contributed by atoms with E-state index < -0.39 is 0 Å². The van der Waals surface area contributed by atoms with Crippen molar-refractivity contribution < 1.29 is 9.84 Å². The van der Waals surface area contributed by atoms with Gasteiger partial charge >= 0.3 is 0 Å². The van der Waals surface area contributed by atoms with Crippen molar-refractivity contribution in [2.24, 2.45) is 11.8 Å². The molecule has 32 heavy (non-hydrogen) atoms. The summed E-state index contributed by atoms with van der Waals surface area (Å²) < 4.78 is 8.35. The molecule has 7 nitrogen and oxygen atoms in total. The van der Waals surface area contributed by atoms with E-state index in [-0.39, 0.29) is 18.6 Å². The second kappa shape index (κ2) is 11.4. The van der Waals surface area contributed by atoms with Crippen LogP contribution in [-0.2, 0) is 4.74 Å². The van der Waals surface area contributed by atoms with E-state index in [2.05, 4.69) is 29.2 Å². The molecule has 2 aromatic rings. The van der Waals surface area contributed by atoms with Gasteiger partial charge in [-0.05, 0) is 62.5 Å². The van der Waals surface area contributed by atoms with Crippen LogP contribution in [0, 0.1) is 11.8 Å². The molecule has 1 aliphatic carbocycles. The van der Waals surface area contributed by atoms with E-state index in [1.807, 2.05) is 23.0 Å². The molecule has 0 radical (unpaired) electrons. The summed E-state index contributed by atoms with van der Waals surface area (Å²) in [5.41, 5.74) is 2.13. The number of anilines is 1. The molecule has 1 fully saturated rings. The molecule has 0 saturated heterocycles. The van der Waals surface area contributed by atoms with Gasteiger partial charge in [-0.15, -0.1) is 0 Å². The van der Waals surface area contributed by atoms with Gasteiger partial charge in [0.05, 0.1) is 18.9 Å². The molecule has 1 aliphatic heterocycles. The molecule has 2 aromatic heterocycles. The molecule has 7 heteroatoms. The maximum atomic E-state index is 9.64. The first-order valence-electron chi connectivity index (χ1n) is 12.7. The van der Waals surface area contributed by atoms with Gasteiger partial charge < -0.3 is 15.2 Å². The van der Waals surface area contributed by atoms with Gasteiger partial charge in [0.1, 0.15) is 5.82 Å². The van der Waals surface area contributed by atoms with E-state index in [0.717, 1.165) is 69.4 Å². The SMILES string of the molecule is CCC1CC(CC(C)CO)OCCN(CCCC2CC2)CCNc2ccn3ncc1c3n2. The number of nitrogens with one attached hydrogen (secondary N) is 1. The number of nitrogens with zero attached hydrogens (tertiary/aromatic N) is 4. The molecule has 1 saturated carbocycles. The van der Waals surface area contributed by atoms with Crippen molar-refractivity contribution in [2.75, 3.05) is 44.7 Å². The third-order valence-corrected chi connectivity index (χ3v) is 7.13. The third kappa shape index (κ3) is 6.42. The summed E-state index contributed by atoms with van der Waals surface area (Å²) in [7, 11) is 0. The zero-order valence-electron chi connectivity index (χ0n) is 19.9. The van der Waals surface area contributed by atoms with Gasteiger partial charge in [0.2, 0.25) is 0 Å². The first-order valence-corrected chi connectivity index (χ1v) is 12.7. The molecule has 3 atom stereocenters. The minimum Gasteiger partial charge on any atom is -0.396 e. The highest BCUT2D eigenvalue weighted by atomic mass is 16.5. The Morgan fingerprint density at radius 3 is 2.97 bits per heavy atom. The highest BCUT2D eigenvalue weighted by molar-refractivity contribution is 5.53. The minimum atomic E-state index is 0.134. The minimum absolute atomic E-state index is 0.134. The largest absolute Gasteiger partial charge is 0.396 e. The molecule has 2 bridgehead atoms. The summed E-state index contributed by atoms with van der Waals surface area (Å²) >= 11 is 0. The van der Waals surface area contributed by atoms with Gasteiger partial charge in [0.25, 0.3) is 0 Å². The molecule has 3 unspecified atom stereocenters. The van der Waals surface area contributed by atoms with Crippen LogP contribution in [0.4, 0.5) is 5.82 Å². The molecular formula is C25H41N5O2. The number of ether oxygens (including phenoxy) is 1. The van der Waals surface area contributed by atoms with Crippen LogP contribution < -0.4 is 5.32 Å². The lowest BCUT2D eigenvalue weighted by Gasteiger charge is -2.28. The van der Waals surface area contributed by atoms with E-state index in [4.69, 9.17) is 9.72 Å². The molecule has 0 amide bonds. The van der Waals surface area contributed by atoms with Gasteiger partial charge in [0.15, 0.2) is 5.65 Å². The molecule has 178 valence electrons. The van der Waals surface area contributed by atoms with Crippen LogP contribution in [0.5, 0.6) is 0 Å². The van der Waals surface area contributed by atoms with Gasteiger partial charge in [-0.2, -0.15) is 5.10 Å². The van der Waals surface area contributed by atoms with E-state index in [1.54, 1.807) is 0 Å². The van der Waals surface area contributed by atoms with Gasteiger partial charge in [-0.3, -0.25) is 4.90 Å². The van der Waals surface area contributed by atoms with Gasteiger partial charge in [-0.1, -0.05) is 26.7 Å². The fraction of sp³-hybridized carbons (Fsp3) is 0.760. The molecule has 0 spiro atoms. The predicted molar refractivity (Wildman–Crippen MR) is 128 cm³/mol. The van der Waals surface area contributed by atoms with E-state index >= 15 is 0 Å². The highest BCUT2D eigenvalue weighted by Gasteiger charge is 2.24. The normalized spacial score (nSPS) is 24.3. The van der Waals surface area contributed by atoms with Crippen LogP contribution in [0.3, 0.4) is 0 Å². The average Bonchev–Trinajstić information content (AvgIpc) is 3.53. The molecule has 0 aromatic carbocycles. The summed E-state index contributed by atoms with van der Waals surface area (Å²) in [5, 5.41) is 17.7. The maximum Gasteiger partial charge on any atom is 0.160 e. The monoisotopic (exact) mass is 443 g/mol. The zero-order valence-corrected chi connectivity index (χ0v) is 19.9. The third-order valence-electron chi connectivity index (χ3n) is 7.13. The molecule has 3 heterocycles. The fourth-order valence-electron chi connectivity index (χ4n) is 4.90. The summed E-state index contributed by atoms with van der Waals surface area (Å²) in [6.45, 7) is 9.24. The van der Waals surface area contributed by atoms with Crippen LogP contribution in [-0.4, -0.2) is 70.1 Å². The standard InChI is InChI=1S/C25H41N5O2/c1-3-21-16-22(15-19(2)18-31)32-14-13-29(10-4-5-20-6-7-20)12-9-26-24-8-11-30-25(28-24)23(21)17-27-30/h8,11,17,19-22,31H,3-7,9-10,12-16,18H2,1-2H3,(H,26,28). The Bertz CT molecular complexity index is 837. The summed E-state index contributed by atoms with van der Waals surface area (Å²) in [6.07, 6.45) is 12.4. The Labute approximate surface area is 192 Å². The van der Waals surface area contributed by atoms with Crippen molar-refractivity contribution in [1.29, 1.82) is 0 Å². The van der Waals surface area contributed by atoms with E-state index in [0.29, 0.717) is 5.92 Å². The van der Waals surface area contributed by atoms with Crippen molar-refractivity contribution >= 4 is 11.5 Å². The lowest BCUT2D eigenvalue weighted by atomic mass is 9.89. The number of aliphatic hydroxyl groups excluding tert-OH is 1. The van der Waals surface area contributed by atoms with Crippen LogP contribution >= 0.6 is 0 Å². The Balaban J connectivity index is 1.52. The Hall–Kier alpha value is -1.70. The van der Waals surface area contributed by atoms with Crippen molar-refractivity contribution in [3.05, 3.63) is 24.0 Å². The Morgan fingerprint density at radius 1 is 1.31 bits per heavy atom. The zero-order chi connectivity index (χ0) is 22.3. The van der Waals surface area contributed by atoms with Crippen molar-refractivity contribution in [3.8, 4) is 0 Å². The highest BCUT2D eigenvalue weighted by Crippen LogP contribution is 2.33. The maximum absolute atomic E-state index is 9.64. The van der Waals surface area contributed by atoms with Gasteiger partial charge in [0, 0.05) is 38.0 Å². The van der Waals surface area contributed by atoms with Crippen LogP contribution in [0.1, 0.15) is 70.3 Å². The predicted octanol–water partition coefficient (Wildman–Crippen LogP) is 3.93. The smallest absolute Gasteiger partial charge is 0.160 e. The summed E-state index contributed by atoms with van der Waals surface area (Å²) in [5.74, 6) is 2.48. The average molecular weight is 444 g/mol. The topological polar surface area (TPSA) is 74.9 Å². The lowest BCUT2D eigenvalue weighted by Crippen LogP contribution is -2.34. The molecular weight excluding hydrogens is 402 g/mol. The number of hydrogen-bond acceptors (Lipinski definition) is 6. The van der Waals surface area contributed by atoms with E-state index in [9.17, 15) is 5.11 Å². The Kier molecular flexibility index (Phi) is 8.38. The van der Waals surface area contributed by atoms with Crippen LogP contribution in [0.2, 0.25) is 0 Å². The summed E-state index contributed by atoms with van der Waals surface area (Å²) in [4.78, 5) is 7.45. The Morgan fingerprint density at radius 2 is 2.19 bits per heavy atom. The van der Waals surface area contributed by atoms with Crippen LogP contribution in [0.15, 0.2) is 18.5 Å². The first-order chi connectivity index (χ1) is 15.7.